The molecule has 0 saturated carbocycles. The van der Waals surface area contributed by atoms with E-state index < -0.39 is 11.6 Å². The van der Waals surface area contributed by atoms with Gasteiger partial charge in [0.25, 0.3) is 5.91 Å². The molecule has 0 radical (unpaired) electrons. The summed E-state index contributed by atoms with van der Waals surface area (Å²) in [4.78, 5) is 40.5. The fourth-order valence-corrected chi connectivity index (χ4v) is 4.45. The first-order chi connectivity index (χ1) is 17.3. The zero-order valence-corrected chi connectivity index (χ0v) is 20.1. The van der Waals surface area contributed by atoms with Gasteiger partial charge in [-0.1, -0.05) is 24.0 Å². The van der Waals surface area contributed by atoms with Crippen LogP contribution in [0.1, 0.15) is 28.8 Å². The van der Waals surface area contributed by atoms with Crippen LogP contribution in [0, 0.1) is 17.3 Å². The summed E-state index contributed by atoms with van der Waals surface area (Å²) in [5.41, 5.74) is 6.44. The highest BCUT2D eigenvalue weighted by Gasteiger charge is 2.37. The van der Waals surface area contributed by atoms with E-state index in [9.17, 15) is 14.4 Å². The number of benzene rings is 1. The molecule has 10 nitrogen and oxygen atoms in total. The van der Waals surface area contributed by atoms with Crippen molar-refractivity contribution in [1.29, 1.82) is 5.41 Å². The van der Waals surface area contributed by atoms with Gasteiger partial charge in [0.2, 0.25) is 0 Å². The minimum atomic E-state index is -1.69. The van der Waals surface area contributed by atoms with Gasteiger partial charge in [0.1, 0.15) is 11.6 Å². The van der Waals surface area contributed by atoms with Crippen LogP contribution in [0.3, 0.4) is 0 Å². The lowest BCUT2D eigenvalue weighted by atomic mass is 9.96. The zero-order chi connectivity index (χ0) is 25.7. The second-order valence-corrected chi connectivity index (χ2v) is 8.83. The minimum absolute atomic E-state index is 0.165. The summed E-state index contributed by atoms with van der Waals surface area (Å²) in [5.74, 6) is 6.55. The van der Waals surface area contributed by atoms with E-state index >= 15 is 0 Å². The van der Waals surface area contributed by atoms with Crippen LogP contribution in [0.2, 0.25) is 0 Å². The van der Waals surface area contributed by atoms with Gasteiger partial charge in [-0.15, -0.1) is 0 Å². The van der Waals surface area contributed by atoms with Gasteiger partial charge in [-0.3, -0.25) is 15.0 Å². The molecule has 0 unspecified atom stereocenters. The molecule has 1 aliphatic carbocycles. The first-order valence-electron chi connectivity index (χ1n) is 11.7. The largest absolute Gasteiger partial charge is 0.497 e. The highest BCUT2D eigenvalue weighted by Crippen LogP contribution is 2.28. The van der Waals surface area contributed by atoms with Crippen LogP contribution < -0.4 is 15.8 Å². The number of ether oxygens (including phenoxy) is 2. The Kier molecular flexibility index (Phi) is 7.41. The van der Waals surface area contributed by atoms with E-state index in [0.717, 1.165) is 16.7 Å². The fraction of sp³-hybridized carbons (Fsp3) is 0.385. The number of allylic oxidation sites excluding steroid dienone is 2. The third kappa shape index (κ3) is 5.42. The molecule has 1 saturated heterocycles. The first-order valence-corrected chi connectivity index (χ1v) is 11.7. The van der Waals surface area contributed by atoms with Gasteiger partial charge < -0.3 is 30.3 Å². The quantitative estimate of drug-likeness (QED) is 0.237. The standard InChI is InChI=1S/C26H29N5O5/c1-35-21-6-5-20-15-31(24(33)22(20)14-21)16-26(17-32,29-25(28)34)8-7-18-3-2-4-19(13-18)23(27)30-9-11-36-12-10-30/h4-6,13-14,17,27H,2-3,9-12,15-16H2,1H3,(H3,28,29,34)/t26-/m1/s1. The van der Waals surface area contributed by atoms with Gasteiger partial charge in [0.05, 0.1) is 26.9 Å². The van der Waals surface area contributed by atoms with Crippen LogP contribution in [-0.4, -0.2) is 79.4 Å². The molecule has 10 heteroatoms. The molecule has 4 N–H and O–H groups in total. The maximum atomic E-state index is 13.0. The minimum Gasteiger partial charge on any atom is -0.497 e. The van der Waals surface area contributed by atoms with Crippen LogP contribution in [0.15, 0.2) is 41.5 Å². The van der Waals surface area contributed by atoms with Gasteiger partial charge in [-0.05, 0) is 36.6 Å². The lowest BCUT2D eigenvalue weighted by molar-refractivity contribution is -0.111. The number of amides is 3. The number of carbonyl (C=O) groups is 3. The van der Waals surface area contributed by atoms with Crippen LogP contribution in [0.25, 0.3) is 0 Å². The summed E-state index contributed by atoms with van der Waals surface area (Å²) in [6.07, 6.45) is 5.66. The summed E-state index contributed by atoms with van der Waals surface area (Å²) in [5, 5.41) is 11.0. The predicted molar refractivity (Wildman–Crippen MR) is 133 cm³/mol. The van der Waals surface area contributed by atoms with E-state index in [0.29, 0.717) is 62.6 Å². The van der Waals surface area contributed by atoms with Gasteiger partial charge in [-0.25, -0.2) is 4.79 Å². The van der Waals surface area contributed by atoms with Gasteiger partial charge in [0.15, 0.2) is 11.8 Å². The fourth-order valence-electron chi connectivity index (χ4n) is 4.45. The molecule has 2 heterocycles. The second-order valence-electron chi connectivity index (χ2n) is 8.83. The van der Waals surface area contributed by atoms with E-state index in [1.54, 1.807) is 18.2 Å². The Bertz CT molecular complexity index is 1200. The Hall–Kier alpha value is -4.10. The molecule has 0 bridgehead atoms. The molecular weight excluding hydrogens is 462 g/mol. The molecule has 36 heavy (non-hydrogen) atoms. The number of nitrogens with one attached hydrogen (secondary N) is 2. The van der Waals surface area contributed by atoms with Gasteiger partial charge in [0, 0.05) is 36.3 Å². The van der Waals surface area contributed by atoms with Crippen molar-refractivity contribution in [1.82, 2.24) is 15.1 Å². The number of carbonyl (C=O) groups excluding carboxylic acids is 3. The smallest absolute Gasteiger partial charge is 0.313 e. The van der Waals surface area contributed by atoms with Crippen molar-refractivity contribution < 1.29 is 23.9 Å². The molecule has 2 aliphatic heterocycles. The van der Waals surface area contributed by atoms with E-state index in [-0.39, 0.29) is 19.0 Å². The summed E-state index contributed by atoms with van der Waals surface area (Å²) in [6, 6.07) is 4.29. The number of methoxy groups -OCH3 is 1. The topological polar surface area (TPSA) is 138 Å². The zero-order valence-electron chi connectivity index (χ0n) is 20.1. The molecule has 188 valence electrons. The number of hydrogen-bond acceptors (Lipinski definition) is 6. The monoisotopic (exact) mass is 491 g/mol. The van der Waals surface area contributed by atoms with Crippen molar-refractivity contribution in [3.63, 3.8) is 0 Å². The average molecular weight is 492 g/mol. The lowest BCUT2D eigenvalue weighted by Gasteiger charge is -2.30. The number of nitrogens with zero attached hydrogens (tertiary/aromatic N) is 2. The highest BCUT2D eigenvalue weighted by molar-refractivity contribution is 6.00. The molecule has 3 amide bonds. The van der Waals surface area contributed by atoms with Crippen LogP contribution in [-0.2, 0) is 16.1 Å². The molecule has 4 rings (SSSR count). The number of morpholine rings is 1. The molecule has 0 aromatic heterocycles. The van der Waals surface area contributed by atoms with Crippen molar-refractivity contribution in [2.24, 2.45) is 5.73 Å². The van der Waals surface area contributed by atoms with E-state index in [1.165, 1.54) is 12.0 Å². The Morgan fingerprint density at radius 2 is 2.14 bits per heavy atom. The van der Waals surface area contributed by atoms with Crippen LogP contribution in [0.5, 0.6) is 5.75 Å². The molecule has 3 aliphatic rings. The van der Waals surface area contributed by atoms with Crippen LogP contribution in [0.4, 0.5) is 4.79 Å². The number of primary amides is 1. The summed E-state index contributed by atoms with van der Waals surface area (Å²) < 4.78 is 10.6. The first kappa shape index (κ1) is 25.0. The van der Waals surface area contributed by atoms with Crippen LogP contribution >= 0.6 is 0 Å². The Balaban J connectivity index is 1.56. The number of rotatable bonds is 6. The number of urea groups is 1. The number of amidine groups is 1. The average Bonchev–Trinajstić information content (AvgIpc) is 3.21. The number of aldehydes is 1. The molecule has 1 fully saturated rings. The second kappa shape index (κ2) is 10.7. The van der Waals surface area contributed by atoms with Crippen molar-refractivity contribution in [2.75, 3.05) is 40.0 Å². The van der Waals surface area contributed by atoms with Gasteiger partial charge >= 0.3 is 6.03 Å². The summed E-state index contributed by atoms with van der Waals surface area (Å²) in [7, 11) is 1.52. The molecule has 0 spiro atoms. The maximum absolute atomic E-state index is 13.0. The predicted octanol–water partition coefficient (Wildman–Crippen LogP) is 1.22. The van der Waals surface area contributed by atoms with E-state index in [2.05, 4.69) is 17.2 Å². The Morgan fingerprint density at radius 3 is 2.83 bits per heavy atom. The molecular formula is C26H29N5O5. The van der Waals surface area contributed by atoms with Crippen molar-refractivity contribution in [3.8, 4) is 17.6 Å². The third-order valence-electron chi connectivity index (χ3n) is 6.34. The lowest BCUT2D eigenvalue weighted by Crippen LogP contribution is -2.57. The Morgan fingerprint density at radius 1 is 1.36 bits per heavy atom. The van der Waals surface area contributed by atoms with E-state index in [4.69, 9.17) is 20.6 Å². The molecule has 1 aromatic carbocycles. The SMILES string of the molecule is COc1ccc2c(c1)C(=O)N(C[C@](C#CC1=CC(C(=N)N3CCOCC3)=CCC1)(C=O)NC(N)=O)C2. The highest BCUT2D eigenvalue weighted by atomic mass is 16.5. The number of hydrogen-bond donors (Lipinski definition) is 3. The number of fused-ring (bicyclic) bond motifs is 1. The molecule has 1 aromatic rings. The van der Waals surface area contributed by atoms with Crippen molar-refractivity contribution >= 4 is 24.1 Å². The van der Waals surface area contributed by atoms with E-state index in [1.807, 2.05) is 17.1 Å². The molecule has 1 atom stereocenters. The summed E-state index contributed by atoms with van der Waals surface area (Å²) in [6.45, 7) is 2.57. The Labute approximate surface area is 209 Å². The normalized spacial score (nSPS) is 18.6. The maximum Gasteiger partial charge on any atom is 0.313 e. The van der Waals surface area contributed by atoms with Crippen molar-refractivity contribution in [2.45, 2.75) is 24.9 Å². The third-order valence-corrected chi connectivity index (χ3v) is 6.34. The number of nitrogens with two attached hydrogens (primary N) is 1. The van der Waals surface area contributed by atoms with Gasteiger partial charge in [-0.2, -0.15) is 0 Å². The van der Waals surface area contributed by atoms with Crippen molar-refractivity contribution in [3.05, 3.63) is 52.6 Å². The summed E-state index contributed by atoms with van der Waals surface area (Å²) >= 11 is 0.